The largest absolute Gasteiger partial charge is 0.462 e. The van der Waals surface area contributed by atoms with Gasteiger partial charge in [-0.3, -0.25) is 0 Å². The molecule has 1 aromatic carbocycles. The second kappa shape index (κ2) is 6.80. The molecule has 0 saturated carbocycles. The summed E-state index contributed by atoms with van der Waals surface area (Å²) in [7, 11) is 0. The maximum absolute atomic E-state index is 12.2. The van der Waals surface area contributed by atoms with E-state index in [0.717, 1.165) is 27.3 Å². The van der Waals surface area contributed by atoms with Gasteiger partial charge in [0.2, 0.25) is 0 Å². The second-order valence-electron chi connectivity index (χ2n) is 5.95. The molecule has 0 bridgehead atoms. The summed E-state index contributed by atoms with van der Waals surface area (Å²) in [5.41, 5.74) is 4.24. The number of rotatable bonds is 4. The van der Waals surface area contributed by atoms with Gasteiger partial charge in [-0.25, -0.2) is 14.8 Å². The average Bonchev–Trinajstić information content (AvgIpc) is 2.89. The Labute approximate surface area is 151 Å². The summed E-state index contributed by atoms with van der Waals surface area (Å²) in [5, 5.41) is 4.30. The minimum atomic E-state index is -0.307. The third-order valence-corrected chi connectivity index (χ3v) is 5.39. The summed E-state index contributed by atoms with van der Waals surface area (Å²) in [6.45, 7) is 10.1. The van der Waals surface area contributed by atoms with Crippen molar-refractivity contribution in [3.8, 4) is 0 Å². The normalized spacial score (nSPS) is 10.9. The number of aryl methyl sites for hydroxylation is 3. The van der Waals surface area contributed by atoms with Crippen molar-refractivity contribution in [3.63, 3.8) is 0 Å². The number of esters is 1. The summed E-state index contributed by atoms with van der Waals surface area (Å²) in [4.78, 5) is 22.7. The number of thiophene rings is 1. The molecule has 130 valence electrons. The van der Waals surface area contributed by atoms with E-state index in [9.17, 15) is 4.79 Å². The quantitative estimate of drug-likeness (QED) is 0.678. The molecule has 0 spiro atoms. The number of aromatic nitrogens is 2. The molecule has 2 aromatic heterocycles. The van der Waals surface area contributed by atoms with E-state index >= 15 is 0 Å². The van der Waals surface area contributed by atoms with E-state index in [2.05, 4.69) is 35.2 Å². The fourth-order valence-corrected chi connectivity index (χ4v) is 3.86. The molecule has 3 rings (SSSR count). The maximum Gasteiger partial charge on any atom is 0.348 e. The minimum Gasteiger partial charge on any atom is -0.462 e. The lowest BCUT2D eigenvalue weighted by molar-refractivity contribution is 0.0531. The van der Waals surface area contributed by atoms with E-state index in [0.29, 0.717) is 17.3 Å². The zero-order valence-corrected chi connectivity index (χ0v) is 15.9. The number of nitrogens with one attached hydrogen (secondary N) is 1. The Morgan fingerprint density at radius 1 is 1.16 bits per heavy atom. The number of benzene rings is 1. The van der Waals surface area contributed by atoms with Crippen LogP contribution in [-0.2, 0) is 4.74 Å². The molecule has 0 saturated heterocycles. The number of anilines is 2. The molecule has 0 unspecified atom stereocenters. The Hall–Kier alpha value is -2.47. The average molecular weight is 355 g/mol. The van der Waals surface area contributed by atoms with Crippen molar-refractivity contribution in [2.75, 3.05) is 11.9 Å². The van der Waals surface area contributed by atoms with Crippen molar-refractivity contribution in [2.45, 2.75) is 34.6 Å². The highest BCUT2D eigenvalue weighted by Gasteiger charge is 2.21. The van der Waals surface area contributed by atoms with Crippen LogP contribution in [0.5, 0.6) is 0 Å². The number of fused-ring (bicyclic) bond motifs is 1. The van der Waals surface area contributed by atoms with Gasteiger partial charge in [0.15, 0.2) is 0 Å². The van der Waals surface area contributed by atoms with Crippen LogP contribution in [0.2, 0.25) is 0 Å². The fourth-order valence-electron chi connectivity index (χ4n) is 2.74. The number of carbonyl (C=O) groups is 1. The molecule has 2 heterocycles. The van der Waals surface area contributed by atoms with Gasteiger partial charge >= 0.3 is 5.97 Å². The summed E-state index contributed by atoms with van der Waals surface area (Å²) in [6, 6.07) is 6.12. The Bertz CT molecular complexity index is 963. The lowest BCUT2D eigenvalue weighted by Crippen LogP contribution is -2.04. The molecule has 0 aliphatic rings. The Balaban J connectivity index is 2.14. The summed E-state index contributed by atoms with van der Waals surface area (Å²) < 4.78 is 5.16. The molecule has 5 nitrogen and oxygen atoms in total. The smallest absolute Gasteiger partial charge is 0.348 e. The molecule has 25 heavy (non-hydrogen) atoms. The van der Waals surface area contributed by atoms with Gasteiger partial charge in [-0.05, 0) is 57.4 Å². The molecular formula is C19H21N3O2S. The number of ether oxygens (including phenoxy) is 1. The van der Waals surface area contributed by atoms with Gasteiger partial charge in [0.05, 0.1) is 12.0 Å². The topological polar surface area (TPSA) is 64.1 Å². The van der Waals surface area contributed by atoms with Crippen molar-refractivity contribution in [3.05, 3.63) is 45.6 Å². The summed E-state index contributed by atoms with van der Waals surface area (Å²) in [6.07, 6.45) is 0. The SMILES string of the molecule is CCOC(=O)c1sc2nc(C)nc(Nc3cccc(C)c3C)c2c1C. The van der Waals surface area contributed by atoms with Crippen LogP contribution in [0.15, 0.2) is 18.2 Å². The highest BCUT2D eigenvalue weighted by Crippen LogP contribution is 2.36. The van der Waals surface area contributed by atoms with Crippen molar-refractivity contribution >= 4 is 39.0 Å². The first-order valence-electron chi connectivity index (χ1n) is 8.20. The number of hydrogen-bond donors (Lipinski definition) is 1. The van der Waals surface area contributed by atoms with Gasteiger partial charge in [-0.15, -0.1) is 11.3 Å². The first-order valence-corrected chi connectivity index (χ1v) is 9.02. The molecule has 0 aliphatic heterocycles. The van der Waals surface area contributed by atoms with E-state index in [1.54, 1.807) is 6.92 Å². The maximum atomic E-state index is 12.2. The molecule has 0 amide bonds. The number of carbonyl (C=O) groups excluding carboxylic acids is 1. The van der Waals surface area contributed by atoms with Gasteiger partial charge in [-0.2, -0.15) is 0 Å². The van der Waals surface area contributed by atoms with Gasteiger partial charge < -0.3 is 10.1 Å². The van der Waals surface area contributed by atoms with Crippen molar-refractivity contribution in [1.82, 2.24) is 9.97 Å². The highest BCUT2D eigenvalue weighted by atomic mass is 32.1. The van der Waals surface area contributed by atoms with Crippen LogP contribution in [0.1, 0.15) is 39.1 Å². The summed E-state index contributed by atoms with van der Waals surface area (Å²) >= 11 is 1.35. The van der Waals surface area contributed by atoms with Crippen molar-refractivity contribution in [1.29, 1.82) is 0 Å². The summed E-state index contributed by atoms with van der Waals surface area (Å²) in [5.74, 6) is 1.08. The third kappa shape index (κ3) is 3.22. The van der Waals surface area contributed by atoms with Gasteiger partial charge in [0, 0.05) is 5.69 Å². The fraction of sp³-hybridized carbons (Fsp3) is 0.316. The van der Waals surface area contributed by atoms with Gasteiger partial charge in [0.25, 0.3) is 0 Å². The Morgan fingerprint density at radius 3 is 2.64 bits per heavy atom. The number of hydrogen-bond acceptors (Lipinski definition) is 6. The first-order chi connectivity index (χ1) is 11.9. The van der Waals surface area contributed by atoms with Crippen LogP contribution in [0.4, 0.5) is 11.5 Å². The molecule has 0 fully saturated rings. The van der Waals surface area contributed by atoms with E-state index < -0.39 is 0 Å². The predicted molar refractivity (Wildman–Crippen MR) is 102 cm³/mol. The van der Waals surface area contributed by atoms with Crippen LogP contribution in [0.25, 0.3) is 10.2 Å². The lowest BCUT2D eigenvalue weighted by Gasteiger charge is -2.12. The van der Waals surface area contributed by atoms with E-state index in [1.165, 1.54) is 22.5 Å². The standard InChI is InChI=1S/C19H21N3O2S/c1-6-24-19(23)16-12(4)15-17(20-13(5)21-18(15)25-16)22-14-9-7-8-10(2)11(14)3/h7-9H,6H2,1-5H3,(H,20,21,22). The zero-order chi connectivity index (χ0) is 18.1. The van der Waals surface area contributed by atoms with Crippen LogP contribution >= 0.6 is 11.3 Å². The monoisotopic (exact) mass is 355 g/mol. The predicted octanol–water partition coefficient (Wildman–Crippen LogP) is 4.85. The zero-order valence-electron chi connectivity index (χ0n) is 15.1. The third-order valence-electron chi connectivity index (χ3n) is 4.22. The molecule has 3 aromatic rings. The molecule has 1 N–H and O–H groups in total. The molecule has 0 radical (unpaired) electrons. The molecule has 6 heteroatoms. The second-order valence-corrected chi connectivity index (χ2v) is 6.95. The number of nitrogens with zero attached hydrogens (tertiary/aromatic N) is 2. The van der Waals surface area contributed by atoms with Crippen LogP contribution in [-0.4, -0.2) is 22.5 Å². The Morgan fingerprint density at radius 2 is 1.92 bits per heavy atom. The van der Waals surface area contributed by atoms with E-state index in [4.69, 9.17) is 4.74 Å². The van der Waals surface area contributed by atoms with Gasteiger partial charge in [-0.1, -0.05) is 12.1 Å². The first kappa shape index (κ1) is 17.4. The van der Waals surface area contributed by atoms with Crippen LogP contribution in [0, 0.1) is 27.7 Å². The van der Waals surface area contributed by atoms with Crippen molar-refractivity contribution in [2.24, 2.45) is 0 Å². The lowest BCUT2D eigenvalue weighted by atomic mass is 10.1. The highest BCUT2D eigenvalue weighted by molar-refractivity contribution is 7.20. The van der Waals surface area contributed by atoms with Crippen LogP contribution < -0.4 is 5.32 Å². The van der Waals surface area contributed by atoms with Gasteiger partial charge in [0.1, 0.15) is 21.3 Å². The van der Waals surface area contributed by atoms with Crippen molar-refractivity contribution < 1.29 is 9.53 Å². The molecule has 0 aliphatic carbocycles. The molecule has 0 atom stereocenters. The Kier molecular flexibility index (Phi) is 4.72. The van der Waals surface area contributed by atoms with Crippen LogP contribution in [0.3, 0.4) is 0 Å². The molecular weight excluding hydrogens is 334 g/mol. The minimum absolute atomic E-state index is 0.307. The van der Waals surface area contributed by atoms with E-state index in [1.807, 2.05) is 26.0 Å². The van der Waals surface area contributed by atoms with E-state index in [-0.39, 0.29) is 5.97 Å².